The minimum absolute atomic E-state index is 0.0266. The Morgan fingerprint density at radius 3 is 1.83 bits per heavy atom. The average Bonchev–Trinajstić information content (AvgIpc) is 2.84. The minimum Gasteiger partial charge on any atom is -0.353 e. The Labute approximate surface area is 139 Å². The molecule has 4 rings (SSSR count). The fourth-order valence-electron chi connectivity index (χ4n) is 4.24. The van der Waals surface area contributed by atoms with Crippen molar-refractivity contribution in [1.29, 1.82) is 0 Å². The zero-order valence-electron chi connectivity index (χ0n) is 13.6. The summed E-state index contributed by atoms with van der Waals surface area (Å²) in [6, 6.07) is 22.7. The molecule has 2 aliphatic rings. The van der Waals surface area contributed by atoms with Crippen LogP contribution in [-0.4, -0.2) is 23.7 Å². The van der Waals surface area contributed by atoms with Gasteiger partial charge in [0, 0.05) is 12.1 Å². The summed E-state index contributed by atoms with van der Waals surface area (Å²) in [4.78, 5) is 2.61. The average molecular weight is 307 g/mol. The van der Waals surface area contributed by atoms with E-state index in [-0.39, 0.29) is 6.10 Å². The zero-order valence-corrected chi connectivity index (χ0v) is 13.6. The molecule has 2 heteroatoms. The molecule has 2 aromatic rings. The van der Waals surface area contributed by atoms with E-state index < -0.39 is 0 Å². The van der Waals surface area contributed by atoms with Crippen molar-refractivity contribution in [3.63, 3.8) is 0 Å². The number of rotatable bonds is 5. The van der Waals surface area contributed by atoms with Crippen LogP contribution in [0.25, 0.3) is 0 Å². The molecule has 0 N–H and O–H groups in total. The summed E-state index contributed by atoms with van der Waals surface area (Å²) in [5.74, 6) is 0. The van der Waals surface area contributed by atoms with Crippen molar-refractivity contribution in [3.8, 4) is 0 Å². The van der Waals surface area contributed by atoms with Gasteiger partial charge < -0.3 is 4.74 Å². The van der Waals surface area contributed by atoms with Crippen molar-refractivity contribution >= 4 is 0 Å². The molecule has 0 radical (unpaired) electrons. The van der Waals surface area contributed by atoms with E-state index in [0.29, 0.717) is 0 Å². The second kappa shape index (κ2) is 6.86. The second-order valence-corrected chi connectivity index (χ2v) is 6.83. The van der Waals surface area contributed by atoms with Crippen LogP contribution in [0.2, 0.25) is 0 Å². The van der Waals surface area contributed by atoms with Crippen LogP contribution in [-0.2, 0) is 4.74 Å². The van der Waals surface area contributed by atoms with Crippen LogP contribution in [0.4, 0.5) is 0 Å². The van der Waals surface area contributed by atoms with E-state index >= 15 is 0 Å². The molecule has 2 heterocycles. The second-order valence-electron chi connectivity index (χ2n) is 6.83. The molecular formula is C21H25NO. The van der Waals surface area contributed by atoms with E-state index in [1.54, 1.807) is 0 Å². The Morgan fingerprint density at radius 1 is 0.783 bits per heavy atom. The quantitative estimate of drug-likeness (QED) is 0.789. The van der Waals surface area contributed by atoms with Crippen LogP contribution >= 0.6 is 0 Å². The molecule has 120 valence electrons. The first kappa shape index (κ1) is 14.9. The van der Waals surface area contributed by atoms with Crippen LogP contribution in [0.5, 0.6) is 0 Å². The fourth-order valence-corrected chi connectivity index (χ4v) is 4.24. The third kappa shape index (κ3) is 3.19. The number of fused-ring (bicyclic) bond motifs is 2. The molecule has 0 spiro atoms. The lowest BCUT2D eigenvalue weighted by Crippen LogP contribution is -2.41. The van der Waals surface area contributed by atoms with Crippen molar-refractivity contribution in [3.05, 3.63) is 71.8 Å². The van der Waals surface area contributed by atoms with E-state index in [0.717, 1.165) is 18.8 Å². The third-order valence-electron chi connectivity index (χ3n) is 5.44. The molecule has 0 saturated carbocycles. The predicted molar refractivity (Wildman–Crippen MR) is 93.2 cm³/mol. The standard InChI is InChI=1S/C21H25NO/c1-3-8-17(9-4-1)21(18-10-5-2-6-11-18)23-16-22-19-12-7-13-20(22)15-14-19/h1-6,8-11,19-21H,7,12-16H2/t19-,20+. The number of hydrogen-bond donors (Lipinski definition) is 0. The first-order valence-corrected chi connectivity index (χ1v) is 8.89. The van der Waals surface area contributed by atoms with Gasteiger partial charge in [0.15, 0.2) is 0 Å². The summed E-state index contributed by atoms with van der Waals surface area (Å²) >= 11 is 0. The van der Waals surface area contributed by atoms with Crippen molar-refractivity contribution in [1.82, 2.24) is 4.90 Å². The number of hydrogen-bond acceptors (Lipinski definition) is 2. The summed E-state index contributed by atoms with van der Waals surface area (Å²) < 4.78 is 6.46. The molecule has 2 bridgehead atoms. The Hall–Kier alpha value is -1.64. The number of piperidine rings is 1. The molecule has 2 saturated heterocycles. The highest BCUT2D eigenvalue weighted by Gasteiger charge is 2.36. The molecule has 0 aromatic heterocycles. The maximum absolute atomic E-state index is 6.46. The molecule has 0 aliphatic carbocycles. The van der Waals surface area contributed by atoms with Gasteiger partial charge in [-0.1, -0.05) is 67.1 Å². The Morgan fingerprint density at radius 2 is 1.30 bits per heavy atom. The van der Waals surface area contributed by atoms with Gasteiger partial charge in [-0.05, 0) is 36.8 Å². The first-order chi connectivity index (χ1) is 11.4. The summed E-state index contributed by atoms with van der Waals surface area (Å²) in [5.41, 5.74) is 2.48. The highest BCUT2D eigenvalue weighted by Crippen LogP contribution is 2.36. The van der Waals surface area contributed by atoms with E-state index in [4.69, 9.17) is 4.74 Å². The van der Waals surface area contributed by atoms with Gasteiger partial charge in [0.05, 0.1) is 0 Å². The van der Waals surface area contributed by atoms with Gasteiger partial charge in [-0.2, -0.15) is 0 Å². The number of nitrogens with zero attached hydrogens (tertiary/aromatic N) is 1. The Kier molecular flexibility index (Phi) is 4.45. The van der Waals surface area contributed by atoms with Gasteiger partial charge in [0.1, 0.15) is 12.8 Å². The molecule has 23 heavy (non-hydrogen) atoms. The van der Waals surface area contributed by atoms with Crippen molar-refractivity contribution in [2.45, 2.75) is 50.3 Å². The largest absolute Gasteiger partial charge is 0.353 e. The first-order valence-electron chi connectivity index (χ1n) is 8.89. The highest BCUT2D eigenvalue weighted by atomic mass is 16.5. The Bertz CT molecular complexity index is 557. The smallest absolute Gasteiger partial charge is 0.109 e. The minimum atomic E-state index is 0.0266. The molecule has 2 aromatic carbocycles. The van der Waals surface area contributed by atoms with E-state index in [1.165, 1.54) is 43.2 Å². The van der Waals surface area contributed by atoms with Crippen LogP contribution < -0.4 is 0 Å². The molecule has 2 aliphatic heterocycles. The van der Waals surface area contributed by atoms with Gasteiger partial charge in [0.25, 0.3) is 0 Å². The maximum Gasteiger partial charge on any atom is 0.109 e. The van der Waals surface area contributed by atoms with Crippen LogP contribution in [0.1, 0.15) is 49.3 Å². The highest BCUT2D eigenvalue weighted by molar-refractivity contribution is 5.29. The van der Waals surface area contributed by atoms with Crippen molar-refractivity contribution < 1.29 is 4.74 Å². The Balaban J connectivity index is 1.52. The van der Waals surface area contributed by atoms with Crippen molar-refractivity contribution in [2.75, 3.05) is 6.73 Å². The topological polar surface area (TPSA) is 12.5 Å². The summed E-state index contributed by atoms with van der Waals surface area (Å²) in [5, 5.41) is 0. The van der Waals surface area contributed by atoms with Crippen molar-refractivity contribution in [2.24, 2.45) is 0 Å². The van der Waals surface area contributed by atoms with Gasteiger partial charge in [-0.15, -0.1) is 0 Å². The molecule has 0 amide bonds. The lowest BCUT2D eigenvalue weighted by molar-refractivity contribution is -0.0408. The molecule has 2 fully saturated rings. The molecule has 2 nitrogen and oxygen atoms in total. The number of ether oxygens (including phenoxy) is 1. The van der Waals surface area contributed by atoms with Gasteiger partial charge in [0.2, 0.25) is 0 Å². The van der Waals surface area contributed by atoms with Gasteiger partial charge in [-0.3, -0.25) is 4.90 Å². The lowest BCUT2D eigenvalue weighted by Gasteiger charge is -2.35. The van der Waals surface area contributed by atoms with Gasteiger partial charge >= 0.3 is 0 Å². The fraction of sp³-hybridized carbons (Fsp3) is 0.429. The third-order valence-corrected chi connectivity index (χ3v) is 5.44. The van der Waals surface area contributed by atoms with Crippen LogP contribution in [0.15, 0.2) is 60.7 Å². The monoisotopic (exact) mass is 307 g/mol. The summed E-state index contributed by atoms with van der Waals surface area (Å²) in [6.45, 7) is 0.754. The number of benzene rings is 2. The van der Waals surface area contributed by atoms with Gasteiger partial charge in [-0.25, -0.2) is 0 Å². The van der Waals surface area contributed by atoms with Crippen LogP contribution in [0.3, 0.4) is 0 Å². The molecular weight excluding hydrogens is 282 g/mol. The lowest BCUT2D eigenvalue weighted by atomic mass is 10.0. The van der Waals surface area contributed by atoms with E-state index in [2.05, 4.69) is 65.6 Å². The van der Waals surface area contributed by atoms with Crippen LogP contribution in [0, 0.1) is 0 Å². The molecule has 2 atom stereocenters. The zero-order chi connectivity index (χ0) is 15.5. The summed E-state index contributed by atoms with van der Waals surface area (Å²) in [7, 11) is 0. The SMILES string of the molecule is c1ccc(C(OCN2[C@@H]3CCC[C@H]2CC3)c2ccccc2)cc1. The van der Waals surface area contributed by atoms with E-state index in [9.17, 15) is 0 Å². The van der Waals surface area contributed by atoms with E-state index in [1.807, 2.05) is 0 Å². The summed E-state index contributed by atoms with van der Waals surface area (Å²) in [6.07, 6.45) is 6.83. The predicted octanol–water partition coefficient (Wildman–Crippen LogP) is 4.77. The maximum atomic E-state index is 6.46. The molecule has 0 unspecified atom stereocenters. The normalized spacial score (nSPS) is 24.2.